The zero-order chi connectivity index (χ0) is 15.1. The van der Waals surface area contributed by atoms with Gasteiger partial charge in [0.1, 0.15) is 0 Å². The summed E-state index contributed by atoms with van der Waals surface area (Å²) in [5.74, 6) is 1.52. The fourth-order valence-corrected chi connectivity index (χ4v) is 2.07. The second kappa shape index (κ2) is 7.43. The number of Topliss-reactive ketones (excluding diaryl/α,β-unsaturated/α-hetero) is 1. The van der Waals surface area contributed by atoms with Gasteiger partial charge in [-0.25, -0.2) is 0 Å². The summed E-state index contributed by atoms with van der Waals surface area (Å²) in [6.07, 6.45) is 4.37. The van der Waals surface area contributed by atoms with Crippen molar-refractivity contribution in [2.45, 2.75) is 19.8 Å². The number of benzene rings is 1. The van der Waals surface area contributed by atoms with Crippen molar-refractivity contribution in [3.63, 3.8) is 0 Å². The molecular formula is C17H19NO3. The number of ether oxygens (including phenoxy) is 2. The number of rotatable bonds is 7. The number of aryl methyl sites for hydroxylation is 1. The Balaban J connectivity index is 2.02. The van der Waals surface area contributed by atoms with Crippen LogP contribution in [0.5, 0.6) is 11.5 Å². The van der Waals surface area contributed by atoms with Crippen molar-refractivity contribution in [2.24, 2.45) is 0 Å². The fraction of sp³-hybridized carbons (Fsp3) is 0.294. The van der Waals surface area contributed by atoms with E-state index in [0.717, 1.165) is 11.3 Å². The second-order valence-corrected chi connectivity index (χ2v) is 4.58. The number of ketones is 1. The molecule has 0 spiro atoms. The van der Waals surface area contributed by atoms with Gasteiger partial charge in [0.05, 0.1) is 13.7 Å². The molecular weight excluding hydrogens is 266 g/mol. The molecule has 0 saturated carbocycles. The standard InChI is InChI=1S/C17H19NO3/c1-3-21-16-9-7-13(11-17(16)20-2)6-8-15(19)14-5-4-10-18-12-14/h4-5,7,9-12H,3,6,8H2,1-2H3. The highest BCUT2D eigenvalue weighted by Gasteiger charge is 2.09. The summed E-state index contributed by atoms with van der Waals surface area (Å²) in [6.45, 7) is 2.52. The molecule has 2 aromatic rings. The van der Waals surface area contributed by atoms with Crippen LogP contribution in [0.2, 0.25) is 0 Å². The summed E-state index contributed by atoms with van der Waals surface area (Å²) >= 11 is 0. The highest BCUT2D eigenvalue weighted by Crippen LogP contribution is 2.28. The Kier molecular flexibility index (Phi) is 5.32. The Hall–Kier alpha value is -2.36. The Morgan fingerprint density at radius 2 is 2.10 bits per heavy atom. The average molecular weight is 285 g/mol. The van der Waals surface area contributed by atoms with Gasteiger partial charge < -0.3 is 9.47 Å². The van der Waals surface area contributed by atoms with Gasteiger partial charge in [-0.2, -0.15) is 0 Å². The molecule has 0 aliphatic heterocycles. The summed E-state index contributed by atoms with van der Waals surface area (Å²) in [7, 11) is 1.61. The molecule has 2 rings (SSSR count). The van der Waals surface area contributed by atoms with Crippen molar-refractivity contribution in [1.82, 2.24) is 4.98 Å². The molecule has 0 unspecified atom stereocenters. The van der Waals surface area contributed by atoms with E-state index in [2.05, 4.69) is 4.98 Å². The van der Waals surface area contributed by atoms with Crippen molar-refractivity contribution >= 4 is 5.78 Å². The van der Waals surface area contributed by atoms with Crippen LogP contribution in [0.15, 0.2) is 42.7 Å². The molecule has 110 valence electrons. The van der Waals surface area contributed by atoms with Crippen molar-refractivity contribution in [3.8, 4) is 11.5 Å². The van der Waals surface area contributed by atoms with E-state index in [1.165, 1.54) is 0 Å². The van der Waals surface area contributed by atoms with Crippen molar-refractivity contribution in [2.75, 3.05) is 13.7 Å². The normalized spacial score (nSPS) is 10.2. The molecule has 4 heteroatoms. The van der Waals surface area contributed by atoms with E-state index in [1.807, 2.05) is 25.1 Å². The lowest BCUT2D eigenvalue weighted by atomic mass is 10.0. The average Bonchev–Trinajstić information content (AvgIpc) is 2.54. The highest BCUT2D eigenvalue weighted by molar-refractivity contribution is 5.95. The van der Waals surface area contributed by atoms with Crippen molar-refractivity contribution in [3.05, 3.63) is 53.9 Å². The molecule has 0 atom stereocenters. The van der Waals surface area contributed by atoms with Gasteiger partial charge in [0.2, 0.25) is 0 Å². The third kappa shape index (κ3) is 4.05. The molecule has 0 saturated heterocycles. The minimum Gasteiger partial charge on any atom is -0.493 e. The van der Waals surface area contributed by atoms with Crippen LogP contribution in [0.25, 0.3) is 0 Å². The van der Waals surface area contributed by atoms with Gasteiger partial charge >= 0.3 is 0 Å². The van der Waals surface area contributed by atoms with E-state index in [1.54, 1.807) is 31.6 Å². The topological polar surface area (TPSA) is 48.4 Å². The zero-order valence-corrected chi connectivity index (χ0v) is 12.3. The first-order chi connectivity index (χ1) is 10.2. The third-order valence-corrected chi connectivity index (χ3v) is 3.15. The molecule has 4 nitrogen and oxygen atoms in total. The smallest absolute Gasteiger partial charge is 0.164 e. The molecule has 1 aromatic heterocycles. The maximum atomic E-state index is 12.0. The predicted molar refractivity (Wildman–Crippen MR) is 81.1 cm³/mol. The Morgan fingerprint density at radius 1 is 1.24 bits per heavy atom. The summed E-state index contributed by atoms with van der Waals surface area (Å²) in [5.41, 5.74) is 1.70. The van der Waals surface area contributed by atoms with Crippen LogP contribution in [0, 0.1) is 0 Å². The van der Waals surface area contributed by atoms with Crippen LogP contribution in [-0.2, 0) is 6.42 Å². The number of nitrogens with zero attached hydrogens (tertiary/aromatic N) is 1. The molecule has 0 amide bonds. The minimum atomic E-state index is 0.0935. The minimum absolute atomic E-state index is 0.0935. The first-order valence-electron chi connectivity index (χ1n) is 6.97. The van der Waals surface area contributed by atoms with E-state index < -0.39 is 0 Å². The number of pyridine rings is 1. The van der Waals surface area contributed by atoms with Gasteiger partial charge in [-0.05, 0) is 43.2 Å². The van der Waals surface area contributed by atoms with Crippen LogP contribution in [0.4, 0.5) is 0 Å². The van der Waals surface area contributed by atoms with Crippen molar-refractivity contribution in [1.29, 1.82) is 0 Å². The second-order valence-electron chi connectivity index (χ2n) is 4.58. The number of hydrogen-bond acceptors (Lipinski definition) is 4. The van der Waals surface area contributed by atoms with E-state index in [0.29, 0.717) is 30.8 Å². The highest BCUT2D eigenvalue weighted by atomic mass is 16.5. The first-order valence-corrected chi connectivity index (χ1v) is 6.97. The van der Waals surface area contributed by atoms with E-state index in [4.69, 9.17) is 9.47 Å². The SMILES string of the molecule is CCOc1ccc(CCC(=O)c2cccnc2)cc1OC. The Bertz CT molecular complexity index is 596. The molecule has 0 bridgehead atoms. The number of methoxy groups -OCH3 is 1. The monoisotopic (exact) mass is 285 g/mol. The first kappa shape index (κ1) is 15.0. The predicted octanol–water partition coefficient (Wildman–Crippen LogP) is 3.30. The summed E-state index contributed by atoms with van der Waals surface area (Å²) in [4.78, 5) is 16.0. The van der Waals surface area contributed by atoms with Crippen LogP contribution in [0.3, 0.4) is 0 Å². The van der Waals surface area contributed by atoms with Crippen LogP contribution >= 0.6 is 0 Å². The lowest BCUT2D eigenvalue weighted by Crippen LogP contribution is -2.02. The maximum absolute atomic E-state index is 12.0. The van der Waals surface area contributed by atoms with Gasteiger partial charge in [0.25, 0.3) is 0 Å². The third-order valence-electron chi connectivity index (χ3n) is 3.15. The molecule has 21 heavy (non-hydrogen) atoms. The van der Waals surface area contributed by atoms with E-state index in [-0.39, 0.29) is 5.78 Å². The summed E-state index contributed by atoms with van der Waals surface area (Å²) in [5, 5.41) is 0. The Morgan fingerprint density at radius 3 is 2.76 bits per heavy atom. The lowest BCUT2D eigenvalue weighted by molar-refractivity contribution is 0.0982. The molecule has 0 N–H and O–H groups in total. The van der Waals surface area contributed by atoms with Crippen LogP contribution in [0.1, 0.15) is 29.3 Å². The number of aromatic nitrogens is 1. The molecule has 1 heterocycles. The Labute approximate surface area is 124 Å². The molecule has 0 fully saturated rings. The number of carbonyl (C=O) groups is 1. The maximum Gasteiger partial charge on any atom is 0.164 e. The van der Waals surface area contributed by atoms with Crippen molar-refractivity contribution < 1.29 is 14.3 Å². The zero-order valence-electron chi connectivity index (χ0n) is 12.3. The lowest BCUT2D eigenvalue weighted by Gasteiger charge is -2.10. The summed E-state index contributed by atoms with van der Waals surface area (Å²) < 4.78 is 10.8. The van der Waals surface area contributed by atoms with Gasteiger partial charge in [0.15, 0.2) is 17.3 Å². The van der Waals surface area contributed by atoms with Gasteiger partial charge in [0, 0.05) is 24.4 Å². The molecule has 1 aromatic carbocycles. The molecule has 0 radical (unpaired) electrons. The van der Waals surface area contributed by atoms with Gasteiger partial charge in [-0.15, -0.1) is 0 Å². The van der Waals surface area contributed by atoms with Crippen LogP contribution < -0.4 is 9.47 Å². The number of carbonyl (C=O) groups excluding carboxylic acids is 1. The fourth-order valence-electron chi connectivity index (χ4n) is 2.07. The molecule has 0 aliphatic rings. The van der Waals surface area contributed by atoms with Gasteiger partial charge in [-0.3, -0.25) is 9.78 Å². The molecule has 0 aliphatic carbocycles. The van der Waals surface area contributed by atoms with E-state index in [9.17, 15) is 4.79 Å². The quantitative estimate of drug-likeness (QED) is 0.732. The largest absolute Gasteiger partial charge is 0.493 e. The number of hydrogen-bond donors (Lipinski definition) is 0. The van der Waals surface area contributed by atoms with E-state index >= 15 is 0 Å². The summed E-state index contributed by atoms with van der Waals surface area (Å²) in [6, 6.07) is 9.32. The van der Waals surface area contributed by atoms with Crippen LogP contribution in [-0.4, -0.2) is 24.5 Å². The van der Waals surface area contributed by atoms with Gasteiger partial charge in [-0.1, -0.05) is 6.07 Å².